The maximum atomic E-state index is 11.8. The second-order valence-corrected chi connectivity index (χ2v) is 6.16. The van der Waals surface area contributed by atoms with Crippen LogP contribution in [0.25, 0.3) is 0 Å². The molecule has 2 heterocycles. The smallest absolute Gasteiger partial charge is 0.265 e. The van der Waals surface area contributed by atoms with Crippen molar-refractivity contribution in [2.75, 3.05) is 0 Å². The third-order valence-electron chi connectivity index (χ3n) is 2.47. The fraction of sp³-hybridized carbons (Fsp3) is 0.417. The zero-order valence-corrected chi connectivity index (χ0v) is 12.9. The number of nitrogens with one attached hydrogen (secondary N) is 1. The van der Waals surface area contributed by atoms with E-state index < -0.39 is 0 Å². The van der Waals surface area contributed by atoms with Crippen LogP contribution in [0.4, 0.5) is 0 Å². The molecule has 0 saturated carbocycles. The molecule has 18 heavy (non-hydrogen) atoms. The SMILES string of the molecule is Cc1csc(Cc2nc(C(C)C)c(Br)c(=O)[nH]2)n1. The average Bonchev–Trinajstić information content (AvgIpc) is 2.68. The van der Waals surface area contributed by atoms with Crippen molar-refractivity contribution in [1.29, 1.82) is 0 Å². The highest BCUT2D eigenvalue weighted by molar-refractivity contribution is 9.10. The average molecular weight is 328 g/mol. The molecule has 0 amide bonds. The number of aromatic nitrogens is 3. The first-order valence-electron chi connectivity index (χ1n) is 5.67. The van der Waals surface area contributed by atoms with Crippen molar-refractivity contribution in [3.63, 3.8) is 0 Å². The van der Waals surface area contributed by atoms with Crippen molar-refractivity contribution < 1.29 is 0 Å². The minimum absolute atomic E-state index is 0.128. The summed E-state index contributed by atoms with van der Waals surface area (Å²) < 4.78 is 0.525. The molecule has 0 aromatic carbocycles. The number of nitrogens with zero attached hydrogens (tertiary/aromatic N) is 2. The molecule has 0 aliphatic rings. The van der Waals surface area contributed by atoms with Crippen LogP contribution in [0.3, 0.4) is 0 Å². The van der Waals surface area contributed by atoms with Gasteiger partial charge >= 0.3 is 0 Å². The number of H-pyrrole nitrogens is 1. The summed E-state index contributed by atoms with van der Waals surface area (Å²) in [7, 11) is 0. The first kappa shape index (κ1) is 13.4. The predicted octanol–water partition coefficient (Wildman–Crippen LogP) is 3.01. The second-order valence-electron chi connectivity index (χ2n) is 4.43. The first-order chi connectivity index (χ1) is 8.47. The van der Waals surface area contributed by atoms with E-state index in [0.29, 0.717) is 16.7 Å². The number of aromatic amines is 1. The van der Waals surface area contributed by atoms with E-state index in [4.69, 9.17) is 0 Å². The lowest BCUT2D eigenvalue weighted by molar-refractivity contribution is 0.774. The van der Waals surface area contributed by atoms with Gasteiger partial charge in [-0.3, -0.25) is 4.79 Å². The van der Waals surface area contributed by atoms with Gasteiger partial charge in [0.15, 0.2) is 0 Å². The minimum atomic E-state index is -0.128. The van der Waals surface area contributed by atoms with E-state index in [9.17, 15) is 4.79 Å². The summed E-state index contributed by atoms with van der Waals surface area (Å²) in [6, 6.07) is 0. The summed E-state index contributed by atoms with van der Waals surface area (Å²) >= 11 is 4.87. The van der Waals surface area contributed by atoms with E-state index in [1.807, 2.05) is 26.2 Å². The molecular formula is C12H14BrN3OS. The van der Waals surface area contributed by atoms with Gasteiger partial charge in [0, 0.05) is 11.1 Å². The van der Waals surface area contributed by atoms with Crippen LogP contribution in [0, 0.1) is 6.92 Å². The number of rotatable bonds is 3. The van der Waals surface area contributed by atoms with Crippen molar-refractivity contribution in [3.8, 4) is 0 Å². The van der Waals surface area contributed by atoms with Gasteiger partial charge in [0.1, 0.15) is 15.3 Å². The highest BCUT2D eigenvalue weighted by Crippen LogP contribution is 2.20. The Morgan fingerprint density at radius 2 is 2.17 bits per heavy atom. The van der Waals surface area contributed by atoms with Crippen molar-refractivity contribution in [1.82, 2.24) is 15.0 Å². The Labute approximate surface area is 118 Å². The van der Waals surface area contributed by atoms with Crippen molar-refractivity contribution >= 4 is 27.3 Å². The van der Waals surface area contributed by atoms with Crippen LogP contribution >= 0.6 is 27.3 Å². The maximum Gasteiger partial charge on any atom is 0.265 e. The number of aryl methyl sites for hydroxylation is 1. The summed E-state index contributed by atoms with van der Waals surface area (Å²) in [4.78, 5) is 23.5. The highest BCUT2D eigenvalue weighted by Gasteiger charge is 2.13. The molecule has 2 aromatic heterocycles. The third-order valence-corrected chi connectivity index (χ3v) is 4.20. The Kier molecular flexibility index (Phi) is 3.97. The van der Waals surface area contributed by atoms with Crippen LogP contribution in [0.2, 0.25) is 0 Å². The van der Waals surface area contributed by atoms with Crippen LogP contribution < -0.4 is 5.56 Å². The standard InChI is InChI=1S/C12H14BrN3OS/c1-6(2)11-10(13)12(17)16-8(15-11)4-9-14-7(3)5-18-9/h5-6H,4H2,1-3H3,(H,15,16,17). The molecule has 2 rings (SSSR count). The number of halogens is 1. The molecule has 1 N–H and O–H groups in total. The van der Waals surface area contributed by atoms with E-state index >= 15 is 0 Å². The molecule has 0 unspecified atom stereocenters. The van der Waals surface area contributed by atoms with E-state index in [-0.39, 0.29) is 11.5 Å². The lowest BCUT2D eigenvalue weighted by Gasteiger charge is -2.08. The second kappa shape index (κ2) is 5.32. The highest BCUT2D eigenvalue weighted by atomic mass is 79.9. The van der Waals surface area contributed by atoms with Gasteiger partial charge in [-0.1, -0.05) is 13.8 Å². The fourth-order valence-corrected chi connectivity index (χ4v) is 3.04. The zero-order valence-electron chi connectivity index (χ0n) is 10.5. The van der Waals surface area contributed by atoms with Crippen LogP contribution in [-0.4, -0.2) is 15.0 Å². The molecule has 0 spiro atoms. The van der Waals surface area contributed by atoms with Crippen molar-refractivity contribution in [2.24, 2.45) is 0 Å². The molecule has 0 fully saturated rings. The largest absolute Gasteiger partial charge is 0.309 e. The summed E-state index contributed by atoms with van der Waals surface area (Å²) in [5.74, 6) is 0.875. The van der Waals surface area contributed by atoms with Gasteiger partial charge in [-0.25, -0.2) is 9.97 Å². The van der Waals surface area contributed by atoms with Crippen LogP contribution in [0.5, 0.6) is 0 Å². The van der Waals surface area contributed by atoms with Crippen LogP contribution in [0.1, 0.15) is 42.0 Å². The molecule has 2 aromatic rings. The minimum Gasteiger partial charge on any atom is -0.309 e. The van der Waals surface area contributed by atoms with Gasteiger partial charge < -0.3 is 4.98 Å². The molecule has 0 aliphatic heterocycles. The summed E-state index contributed by atoms with van der Waals surface area (Å²) in [5.41, 5.74) is 1.66. The normalized spacial score (nSPS) is 11.2. The molecule has 0 saturated heterocycles. The Hall–Kier alpha value is -1.01. The number of hydrogen-bond donors (Lipinski definition) is 1. The monoisotopic (exact) mass is 327 g/mol. The van der Waals surface area contributed by atoms with Crippen LogP contribution in [-0.2, 0) is 6.42 Å². The van der Waals surface area contributed by atoms with Crippen LogP contribution in [0.15, 0.2) is 14.6 Å². The summed E-state index contributed by atoms with van der Waals surface area (Å²) in [6.45, 7) is 5.99. The van der Waals surface area contributed by atoms with E-state index in [1.54, 1.807) is 11.3 Å². The summed E-state index contributed by atoms with van der Waals surface area (Å²) in [5, 5.41) is 2.96. The van der Waals surface area contributed by atoms with Gasteiger partial charge in [-0.05, 0) is 28.8 Å². The van der Waals surface area contributed by atoms with Gasteiger partial charge in [0.05, 0.1) is 12.1 Å². The number of thiazole rings is 1. The van der Waals surface area contributed by atoms with Gasteiger partial charge in [0.2, 0.25) is 0 Å². The van der Waals surface area contributed by atoms with Crippen molar-refractivity contribution in [2.45, 2.75) is 33.1 Å². The lowest BCUT2D eigenvalue weighted by Crippen LogP contribution is -2.16. The van der Waals surface area contributed by atoms with E-state index in [1.165, 1.54) is 0 Å². The Bertz CT molecular complexity index is 618. The third kappa shape index (κ3) is 2.87. The molecule has 96 valence electrons. The molecule has 0 atom stereocenters. The topological polar surface area (TPSA) is 58.6 Å². The Morgan fingerprint density at radius 3 is 2.72 bits per heavy atom. The molecule has 0 aliphatic carbocycles. The molecule has 0 radical (unpaired) electrons. The predicted molar refractivity (Wildman–Crippen MR) is 76.3 cm³/mol. The van der Waals surface area contributed by atoms with Gasteiger partial charge in [0.25, 0.3) is 5.56 Å². The molecule has 0 bridgehead atoms. The zero-order chi connectivity index (χ0) is 13.3. The first-order valence-corrected chi connectivity index (χ1v) is 7.34. The van der Waals surface area contributed by atoms with E-state index in [2.05, 4.69) is 30.9 Å². The quantitative estimate of drug-likeness (QED) is 0.942. The van der Waals surface area contributed by atoms with Gasteiger partial charge in [-0.15, -0.1) is 11.3 Å². The summed E-state index contributed by atoms with van der Waals surface area (Å²) in [6.07, 6.45) is 0.570. The Morgan fingerprint density at radius 1 is 1.44 bits per heavy atom. The Balaban J connectivity index is 2.37. The lowest BCUT2D eigenvalue weighted by atomic mass is 10.1. The van der Waals surface area contributed by atoms with Crippen molar-refractivity contribution in [3.05, 3.63) is 42.4 Å². The molecule has 6 heteroatoms. The molecule has 4 nitrogen and oxygen atoms in total. The number of hydrogen-bond acceptors (Lipinski definition) is 4. The fourth-order valence-electron chi connectivity index (χ4n) is 1.62. The van der Waals surface area contributed by atoms with E-state index in [0.717, 1.165) is 16.4 Å². The maximum absolute atomic E-state index is 11.8. The van der Waals surface area contributed by atoms with Gasteiger partial charge in [-0.2, -0.15) is 0 Å². The molecular weight excluding hydrogens is 314 g/mol.